The second-order valence-electron chi connectivity index (χ2n) is 6.39. The van der Waals surface area contributed by atoms with E-state index in [0.29, 0.717) is 16.6 Å². The lowest BCUT2D eigenvalue weighted by Gasteiger charge is -2.24. The van der Waals surface area contributed by atoms with Crippen molar-refractivity contribution in [3.63, 3.8) is 0 Å². The largest absolute Gasteiger partial charge is 0.550 e. The van der Waals surface area contributed by atoms with Crippen molar-refractivity contribution in [3.8, 4) is 5.75 Å². The van der Waals surface area contributed by atoms with E-state index in [1.165, 1.54) is 18.9 Å². The maximum absolute atomic E-state index is 12.1. The van der Waals surface area contributed by atoms with Gasteiger partial charge in [0.1, 0.15) is 5.75 Å². The lowest BCUT2D eigenvalue weighted by molar-refractivity contribution is -0.305. The van der Waals surface area contributed by atoms with Crippen molar-refractivity contribution >= 4 is 44.3 Å². The molecule has 0 aromatic heterocycles. The molecule has 0 saturated carbocycles. The van der Waals surface area contributed by atoms with Crippen LogP contribution < -0.4 is 14.7 Å². The van der Waals surface area contributed by atoms with Crippen molar-refractivity contribution in [2.24, 2.45) is 4.99 Å². The molecular weight excluding hydrogens is 392 g/mol. The lowest BCUT2D eigenvalue weighted by atomic mass is 10.2. The van der Waals surface area contributed by atoms with Crippen LogP contribution in [0.5, 0.6) is 5.75 Å². The monoisotopic (exact) mass is 411 g/mol. The van der Waals surface area contributed by atoms with E-state index in [2.05, 4.69) is 4.99 Å². The number of rotatable bonds is 6. The number of hydrogen-bond donors (Lipinski definition) is 0. The number of fused-ring (bicyclic) bond motifs is 1. The van der Waals surface area contributed by atoms with E-state index in [-0.39, 0.29) is 42.1 Å². The van der Waals surface area contributed by atoms with Crippen LogP contribution in [0.4, 0.5) is 5.69 Å². The highest BCUT2D eigenvalue weighted by Crippen LogP contribution is 2.41. The first-order valence-electron chi connectivity index (χ1n) is 8.41. The quantitative estimate of drug-likeness (QED) is 0.653. The van der Waals surface area contributed by atoms with Crippen LogP contribution in [0.1, 0.15) is 19.3 Å². The summed E-state index contributed by atoms with van der Waals surface area (Å²) in [6.07, 6.45) is -0.0482. The van der Waals surface area contributed by atoms with Crippen molar-refractivity contribution in [3.05, 3.63) is 24.3 Å². The van der Waals surface area contributed by atoms with Crippen LogP contribution in [0.3, 0.4) is 0 Å². The molecule has 1 amide bonds. The Morgan fingerprint density at radius 2 is 2.11 bits per heavy atom. The standard InChI is InChI=1S/C17H20N2O6S2/c1-25-12-5-2-4-11(8-12)19-13-9-27(23,24)10-14(13)26-17(19)18-15(20)6-3-7-16(21)22/h2,4-5,8,13-14H,3,6-7,9-10H2,1H3,(H,21,22)/p-1/t13-,14+/m1/s1. The molecule has 2 atom stereocenters. The van der Waals surface area contributed by atoms with Gasteiger partial charge in [-0.1, -0.05) is 17.8 Å². The number of sulfone groups is 1. The van der Waals surface area contributed by atoms with Crippen molar-refractivity contribution in [2.75, 3.05) is 23.5 Å². The molecule has 146 valence electrons. The molecule has 2 heterocycles. The number of carbonyl (C=O) groups is 2. The third kappa shape index (κ3) is 4.62. The van der Waals surface area contributed by atoms with Gasteiger partial charge in [0.05, 0.1) is 24.7 Å². The minimum atomic E-state index is -3.14. The predicted molar refractivity (Wildman–Crippen MR) is 101 cm³/mol. The third-order valence-electron chi connectivity index (χ3n) is 4.39. The van der Waals surface area contributed by atoms with Gasteiger partial charge >= 0.3 is 0 Å². The van der Waals surface area contributed by atoms with E-state index in [4.69, 9.17) is 4.74 Å². The van der Waals surface area contributed by atoms with Crippen LogP contribution in [0.15, 0.2) is 29.3 Å². The van der Waals surface area contributed by atoms with Gasteiger partial charge in [-0.05, 0) is 25.0 Å². The van der Waals surface area contributed by atoms with Gasteiger partial charge < -0.3 is 19.5 Å². The topological polar surface area (TPSA) is 116 Å². The highest BCUT2D eigenvalue weighted by atomic mass is 32.2. The van der Waals surface area contributed by atoms with Gasteiger partial charge in [-0.15, -0.1) is 0 Å². The van der Waals surface area contributed by atoms with Crippen LogP contribution in [0, 0.1) is 0 Å². The molecule has 0 bridgehead atoms. The summed E-state index contributed by atoms with van der Waals surface area (Å²) in [6.45, 7) is 0. The van der Waals surface area contributed by atoms with Gasteiger partial charge in [0.15, 0.2) is 15.0 Å². The molecular formula is C17H19N2O6S2-. The smallest absolute Gasteiger partial charge is 0.248 e. The maximum Gasteiger partial charge on any atom is 0.248 e. The van der Waals surface area contributed by atoms with Crippen LogP contribution in [-0.4, -0.2) is 55.4 Å². The average molecular weight is 411 g/mol. The lowest BCUT2D eigenvalue weighted by Crippen LogP contribution is -2.37. The molecule has 0 N–H and O–H groups in total. The zero-order valence-electron chi connectivity index (χ0n) is 14.7. The van der Waals surface area contributed by atoms with E-state index in [9.17, 15) is 23.1 Å². The molecule has 1 aromatic carbocycles. The van der Waals surface area contributed by atoms with Crippen LogP contribution in [0.25, 0.3) is 0 Å². The normalized spacial score (nSPS) is 24.8. The van der Waals surface area contributed by atoms with Gasteiger partial charge in [-0.25, -0.2) is 8.42 Å². The number of thioether (sulfide) groups is 1. The fourth-order valence-electron chi connectivity index (χ4n) is 3.17. The molecule has 2 aliphatic heterocycles. The first kappa shape index (κ1) is 19.7. The number of ether oxygens (including phenoxy) is 1. The summed E-state index contributed by atoms with van der Waals surface area (Å²) in [4.78, 5) is 28.5. The zero-order valence-corrected chi connectivity index (χ0v) is 16.3. The predicted octanol–water partition coefficient (Wildman–Crippen LogP) is 0.217. The number of aliphatic imine (C=N–C) groups is 1. The number of methoxy groups -OCH3 is 1. The highest BCUT2D eigenvalue weighted by Gasteiger charge is 2.49. The van der Waals surface area contributed by atoms with Gasteiger partial charge in [0.25, 0.3) is 0 Å². The Morgan fingerprint density at radius 3 is 2.81 bits per heavy atom. The summed E-state index contributed by atoms with van der Waals surface area (Å²) in [5, 5.41) is 10.7. The average Bonchev–Trinajstić information content (AvgIpc) is 3.05. The van der Waals surface area contributed by atoms with Gasteiger partial charge in [0.2, 0.25) is 5.91 Å². The first-order chi connectivity index (χ1) is 12.8. The summed E-state index contributed by atoms with van der Waals surface area (Å²) in [7, 11) is -1.61. The molecule has 0 unspecified atom stereocenters. The summed E-state index contributed by atoms with van der Waals surface area (Å²) < 4.78 is 29.3. The van der Waals surface area contributed by atoms with Gasteiger partial charge in [0, 0.05) is 29.4 Å². The summed E-state index contributed by atoms with van der Waals surface area (Å²) in [6, 6.07) is 6.84. The van der Waals surface area contributed by atoms with Gasteiger partial charge in [-0.3, -0.25) is 4.79 Å². The molecule has 0 radical (unpaired) electrons. The molecule has 0 aliphatic carbocycles. The number of anilines is 1. The van der Waals surface area contributed by atoms with Crippen molar-refractivity contribution in [1.82, 2.24) is 0 Å². The minimum absolute atomic E-state index is 0.000228. The van der Waals surface area contributed by atoms with Crippen LogP contribution in [0.2, 0.25) is 0 Å². The Labute approximate surface area is 161 Å². The Balaban J connectivity index is 1.87. The maximum atomic E-state index is 12.1. The Hall–Kier alpha value is -2.07. The zero-order chi connectivity index (χ0) is 19.6. The molecule has 1 aromatic rings. The summed E-state index contributed by atoms with van der Waals surface area (Å²) >= 11 is 1.27. The molecule has 3 rings (SSSR count). The number of hydrogen-bond acceptors (Lipinski definition) is 7. The molecule has 0 spiro atoms. The highest BCUT2D eigenvalue weighted by molar-refractivity contribution is 8.16. The number of aliphatic carboxylic acids is 1. The number of amides is 1. The second kappa shape index (κ2) is 7.89. The van der Waals surface area contributed by atoms with E-state index < -0.39 is 21.7 Å². The molecule has 10 heteroatoms. The number of nitrogens with zero attached hydrogens (tertiary/aromatic N) is 2. The van der Waals surface area contributed by atoms with E-state index in [1.54, 1.807) is 23.1 Å². The summed E-state index contributed by atoms with van der Waals surface area (Å²) in [5.74, 6) is -0.986. The second-order valence-corrected chi connectivity index (χ2v) is 9.75. The van der Waals surface area contributed by atoms with Crippen molar-refractivity contribution in [2.45, 2.75) is 30.6 Å². The molecule has 2 aliphatic rings. The van der Waals surface area contributed by atoms with Crippen LogP contribution >= 0.6 is 11.8 Å². The third-order valence-corrected chi connectivity index (χ3v) is 7.60. The fourth-order valence-corrected chi connectivity index (χ4v) is 7.10. The summed E-state index contributed by atoms with van der Waals surface area (Å²) in [5.41, 5.74) is 0.702. The Bertz CT molecular complexity index is 883. The first-order valence-corrected chi connectivity index (χ1v) is 11.1. The van der Waals surface area contributed by atoms with Crippen molar-refractivity contribution < 1.29 is 27.9 Å². The van der Waals surface area contributed by atoms with E-state index in [0.717, 1.165) is 0 Å². The Kier molecular flexibility index (Phi) is 5.75. The minimum Gasteiger partial charge on any atom is -0.550 e. The van der Waals surface area contributed by atoms with Crippen LogP contribution in [-0.2, 0) is 19.4 Å². The molecule has 27 heavy (non-hydrogen) atoms. The number of benzene rings is 1. The molecule has 2 fully saturated rings. The number of carboxylic acids is 1. The number of carbonyl (C=O) groups excluding carboxylic acids is 2. The fraction of sp³-hybridized carbons (Fsp3) is 0.471. The van der Waals surface area contributed by atoms with E-state index >= 15 is 0 Å². The SMILES string of the molecule is COc1cccc(N2C(=NC(=O)CCCC(=O)[O-])S[C@H]3CS(=O)(=O)C[C@H]32)c1. The number of amidine groups is 1. The van der Waals surface area contributed by atoms with Gasteiger partial charge in [-0.2, -0.15) is 4.99 Å². The molecule has 2 saturated heterocycles. The molecule has 8 nitrogen and oxygen atoms in total. The van der Waals surface area contributed by atoms with E-state index in [1.807, 2.05) is 6.07 Å². The number of carboxylic acid groups (broad SMARTS) is 1. The Morgan fingerprint density at radius 1 is 1.33 bits per heavy atom. The van der Waals surface area contributed by atoms with Crippen molar-refractivity contribution in [1.29, 1.82) is 0 Å².